The van der Waals surface area contributed by atoms with Crippen LogP contribution in [0.5, 0.6) is 5.75 Å². The largest absolute Gasteiger partial charge is 0.494 e. The van der Waals surface area contributed by atoms with Crippen molar-refractivity contribution in [3.63, 3.8) is 0 Å². The molecule has 0 bridgehead atoms. The Balaban J connectivity index is -0.000000484. The lowest BCUT2D eigenvalue weighted by molar-refractivity contribution is -0.138. The van der Waals surface area contributed by atoms with Crippen LogP contribution in [0, 0.1) is 5.92 Å². The molecule has 0 radical (unpaired) electrons. The molecule has 1 aromatic rings. The molecular formula is C16H26F6O3S. The summed E-state index contributed by atoms with van der Waals surface area (Å²) >= 11 is -0.355. The summed E-state index contributed by atoms with van der Waals surface area (Å²) in [4.78, 5) is 11.5. The average molecular weight is 412 g/mol. The molecule has 0 atom stereocenters. The number of ether oxygens (including phenoxy) is 1. The van der Waals surface area contributed by atoms with Crippen molar-refractivity contribution < 1.29 is 41.1 Å². The van der Waals surface area contributed by atoms with Gasteiger partial charge in [0.05, 0.1) is 12.5 Å². The molecule has 0 unspecified atom stereocenters. The highest BCUT2D eigenvalue weighted by Gasteiger charge is 2.28. The molecule has 0 N–H and O–H groups in total. The van der Waals surface area contributed by atoms with Crippen LogP contribution in [0.2, 0.25) is 0 Å². The van der Waals surface area contributed by atoms with Crippen LogP contribution in [0.15, 0.2) is 24.3 Å². The number of halogens is 6. The zero-order valence-electron chi connectivity index (χ0n) is 14.3. The number of carbonyl (C=O) groups is 1. The van der Waals surface area contributed by atoms with Gasteiger partial charge in [-0.3, -0.25) is 28.3 Å². The van der Waals surface area contributed by atoms with E-state index in [4.69, 9.17) is 4.74 Å². The zero-order valence-corrected chi connectivity index (χ0v) is 15.1. The van der Waals surface area contributed by atoms with E-state index in [0.717, 1.165) is 44.5 Å². The van der Waals surface area contributed by atoms with Gasteiger partial charge in [0.25, 0.3) is 12.4 Å². The molecule has 2 rings (SSSR count). The Hall–Kier alpha value is -1.58. The fourth-order valence-electron chi connectivity index (χ4n) is 2.82. The number of benzene rings is 1. The predicted molar refractivity (Wildman–Crippen MR) is 94.2 cm³/mol. The normalized spacial score (nSPS) is 17.6. The minimum Gasteiger partial charge on any atom is -0.494 e. The second kappa shape index (κ2) is 16.9. The molecule has 1 aliphatic carbocycles. The van der Waals surface area contributed by atoms with Crippen LogP contribution in [-0.2, 0) is 8.98 Å². The lowest BCUT2D eigenvalue weighted by atomic mass is 9.79. The van der Waals surface area contributed by atoms with Gasteiger partial charge in [-0.1, -0.05) is 19.1 Å². The summed E-state index contributed by atoms with van der Waals surface area (Å²) in [6, 6.07) is 8.22. The number of hydrogen-bond acceptors (Lipinski definition) is 4. The van der Waals surface area contributed by atoms with E-state index in [1.165, 1.54) is 5.56 Å². The Morgan fingerprint density at radius 2 is 1.58 bits per heavy atom. The first-order valence-electron chi connectivity index (χ1n) is 7.46. The molecule has 1 aliphatic rings. The van der Waals surface area contributed by atoms with E-state index in [9.17, 15) is 8.68 Å². The van der Waals surface area contributed by atoms with E-state index in [2.05, 4.69) is 23.2 Å². The molecule has 0 saturated heterocycles. The lowest BCUT2D eigenvalue weighted by Crippen LogP contribution is -2.21. The Morgan fingerprint density at radius 3 is 2.04 bits per heavy atom. The van der Waals surface area contributed by atoms with Crippen molar-refractivity contribution in [2.75, 3.05) is 6.61 Å². The van der Waals surface area contributed by atoms with E-state index in [0.29, 0.717) is 5.92 Å². The molecule has 156 valence electrons. The van der Waals surface area contributed by atoms with Crippen molar-refractivity contribution in [1.82, 2.24) is 0 Å². The smallest absolute Gasteiger partial charge is 0.323 e. The molecule has 1 saturated carbocycles. The third-order valence-corrected chi connectivity index (χ3v) is 4.23. The van der Waals surface area contributed by atoms with Gasteiger partial charge in [0, 0.05) is 0 Å². The van der Waals surface area contributed by atoms with E-state index in [1.807, 2.05) is 12.1 Å². The quantitative estimate of drug-likeness (QED) is 0.451. The molecule has 0 heterocycles. The van der Waals surface area contributed by atoms with Gasteiger partial charge in [0.1, 0.15) is 5.75 Å². The molecule has 0 spiro atoms. The van der Waals surface area contributed by atoms with Crippen molar-refractivity contribution in [3.05, 3.63) is 29.8 Å². The highest BCUT2D eigenvalue weighted by Crippen LogP contribution is 2.37. The fraction of sp³-hybridized carbons (Fsp3) is 0.562. The van der Waals surface area contributed by atoms with Gasteiger partial charge < -0.3 is 8.92 Å². The summed E-state index contributed by atoms with van der Waals surface area (Å²) in [6.45, 7) is 2.82. The van der Waals surface area contributed by atoms with E-state index in [1.54, 1.807) is 0 Å². The molecule has 1 fully saturated rings. The van der Waals surface area contributed by atoms with E-state index >= 15 is 0 Å². The maximum Gasteiger partial charge on any atom is 0.323 e. The topological polar surface area (TPSA) is 35.5 Å². The lowest BCUT2D eigenvalue weighted by Gasteiger charge is -2.27. The Labute approximate surface area is 153 Å². The third-order valence-electron chi connectivity index (χ3n) is 4.00. The average Bonchev–Trinajstić information content (AvgIpc) is 2.54. The number of hydrogen-bond donors (Lipinski definition) is 0. The third kappa shape index (κ3) is 9.21. The monoisotopic (exact) mass is 412 g/mol. The molecule has 0 aliphatic heterocycles. The first-order valence-corrected chi connectivity index (χ1v) is 8.10. The minimum absolute atomic E-state index is 0. The first kappa shape index (κ1) is 32.1. The predicted octanol–water partition coefficient (Wildman–Crippen LogP) is 5.59. The van der Waals surface area contributed by atoms with Crippen LogP contribution >= 0.6 is 12.4 Å². The Kier molecular flexibility index (Phi) is 20.8. The summed E-state index contributed by atoms with van der Waals surface area (Å²) < 4.78 is 21.9. The van der Waals surface area contributed by atoms with Crippen LogP contribution in [0.25, 0.3) is 0 Å². The van der Waals surface area contributed by atoms with Crippen LogP contribution < -0.4 is 4.74 Å². The molecule has 0 amide bonds. The summed E-state index contributed by atoms with van der Waals surface area (Å²) in [5.74, 6) is 0.783. The van der Waals surface area contributed by atoms with E-state index in [-0.39, 0.29) is 41.9 Å². The van der Waals surface area contributed by atoms with Crippen molar-refractivity contribution in [3.8, 4) is 5.75 Å². The minimum atomic E-state index is -0.427. The van der Waals surface area contributed by atoms with Crippen molar-refractivity contribution in [2.24, 2.45) is 5.92 Å². The summed E-state index contributed by atoms with van der Waals surface area (Å²) in [6.07, 6.45) is 4.40. The van der Waals surface area contributed by atoms with Crippen molar-refractivity contribution in [2.45, 2.75) is 44.9 Å². The maximum absolute atomic E-state index is 11.9. The van der Waals surface area contributed by atoms with Crippen molar-refractivity contribution >= 4 is 18.4 Å². The van der Waals surface area contributed by atoms with Gasteiger partial charge in [-0.25, -0.2) is 0 Å². The number of rotatable bonds is 6. The summed E-state index contributed by atoms with van der Waals surface area (Å²) in [5.41, 5.74) is 1.28. The van der Waals surface area contributed by atoms with Gasteiger partial charge in [-0.2, -0.15) is 0 Å². The fourth-order valence-corrected chi connectivity index (χ4v) is 3.02. The van der Waals surface area contributed by atoms with Gasteiger partial charge in [-0.05, 0) is 55.7 Å². The van der Waals surface area contributed by atoms with Gasteiger partial charge >= 0.3 is 5.97 Å². The first-order chi connectivity index (χ1) is 10.2. The molecule has 0 aromatic heterocycles. The van der Waals surface area contributed by atoms with Crippen LogP contribution in [-0.4, -0.2) is 12.6 Å². The molecule has 1 aromatic carbocycles. The number of carbonyl (C=O) groups excluding carboxylic acids is 1. The summed E-state index contributed by atoms with van der Waals surface area (Å²) in [7, 11) is 0. The SMILES string of the molecule is CCCOc1ccc(C2CCC(C(=O)OSF)CC2)cc1.F.F.F.F.F. The second-order valence-corrected chi connectivity index (χ2v) is 5.72. The van der Waals surface area contributed by atoms with Gasteiger partial charge in [0.2, 0.25) is 0 Å². The Bertz CT molecular complexity index is 456. The zero-order chi connectivity index (χ0) is 15.1. The second-order valence-electron chi connectivity index (χ2n) is 5.43. The van der Waals surface area contributed by atoms with Gasteiger partial charge in [0.15, 0.2) is 0 Å². The van der Waals surface area contributed by atoms with Crippen LogP contribution in [0.3, 0.4) is 0 Å². The standard InChI is InChI=1S/C16H21FO3S.5FH/c1-2-11-19-15-9-7-13(8-10-15)12-3-5-14(6-4-12)16(18)20-21-17;;;;;/h7-10,12,14H,2-6,11H2,1H3;5*1H. The Morgan fingerprint density at radius 1 is 1.04 bits per heavy atom. The summed E-state index contributed by atoms with van der Waals surface area (Å²) in [5, 5.41) is 0. The maximum atomic E-state index is 11.9. The molecular weight excluding hydrogens is 386 g/mol. The van der Waals surface area contributed by atoms with E-state index < -0.39 is 5.97 Å². The molecule has 3 nitrogen and oxygen atoms in total. The highest BCUT2D eigenvalue weighted by molar-refractivity contribution is 7.89. The molecule has 10 heteroatoms. The molecule has 26 heavy (non-hydrogen) atoms. The van der Waals surface area contributed by atoms with Crippen LogP contribution in [0.1, 0.15) is 50.5 Å². The highest BCUT2D eigenvalue weighted by atomic mass is 32.2. The van der Waals surface area contributed by atoms with Crippen molar-refractivity contribution in [1.29, 1.82) is 0 Å². The van der Waals surface area contributed by atoms with Gasteiger partial charge in [-0.15, -0.1) is 3.89 Å². The van der Waals surface area contributed by atoms with Crippen LogP contribution in [0.4, 0.5) is 27.4 Å².